The van der Waals surface area contributed by atoms with Crippen LogP contribution in [0.1, 0.15) is 31.7 Å². The first-order chi connectivity index (χ1) is 14.3. The average molecular weight is 397 g/mol. The maximum Gasteiger partial charge on any atom is 0.191 e. The zero-order valence-electron chi connectivity index (χ0n) is 17.3. The molecule has 2 aromatic rings. The van der Waals surface area contributed by atoms with Crippen LogP contribution in [0.25, 0.3) is 11.3 Å². The first-order valence-electron chi connectivity index (χ1n) is 10.6. The van der Waals surface area contributed by atoms with Crippen LogP contribution in [-0.2, 0) is 16.0 Å². The number of hydrogen-bond acceptors (Lipinski definition) is 4. The third-order valence-electron chi connectivity index (χ3n) is 4.74. The van der Waals surface area contributed by atoms with Crippen LogP contribution in [0.2, 0.25) is 0 Å². The summed E-state index contributed by atoms with van der Waals surface area (Å²) in [7, 11) is 0. The van der Waals surface area contributed by atoms with E-state index >= 15 is 0 Å². The van der Waals surface area contributed by atoms with E-state index in [-0.39, 0.29) is 0 Å². The molecule has 1 aromatic heterocycles. The van der Waals surface area contributed by atoms with Crippen LogP contribution in [-0.4, -0.2) is 50.0 Å². The van der Waals surface area contributed by atoms with Crippen LogP contribution < -0.4 is 10.6 Å². The predicted octanol–water partition coefficient (Wildman–Crippen LogP) is 3.39. The second-order valence-corrected chi connectivity index (χ2v) is 7.10. The summed E-state index contributed by atoms with van der Waals surface area (Å²) < 4.78 is 11.3. The van der Waals surface area contributed by atoms with Gasteiger partial charge in [-0.05, 0) is 49.9 Å². The van der Waals surface area contributed by atoms with Gasteiger partial charge >= 0.3 is 0 Å². The van der Waals surface area contributed by atoms with Crippen LogP contribution in [0.5, 0.6) is 0 Å². The summed E-state index contributed by atoms with van der Waals surface area (Å²) in [6.45, 7) is 6.66. The van der Waals surface area contributed by atoms with Crippen LogP contribution in [0.3, 0.4) is 0 Å². The minimum Gasteiger partial charge on any atom is -0.379 e. The SMILES string of the molecule is CCNC(=NCc1cccc(-c2ccccn2)c1)NCCCOCC1CCCO1. The lowest BCUT2D eigenvalue weighted by atomic mass is 10.1. The molecule has 1 unspecified atom stereocenters. The van der Waals surface area contributed by atoms with Gasteiger partial charge in [0.15, 0.2) is 5.96 Å². The molecule has 0 aliphatic carbocycles. The number of rotatable bonds is 10. The molecule has 1 atom stereocenters. The van der Waals surface area contributed by atoms with Gasteiger partial charge in [0, 0.05) is 38.1 Å². The number of ether oxygens (including phenoxy) is 2. The lowest BCUT2D eigenvalue weighted by molar-refractivity contribution is 0.0168. The Balaban J connectivity index is 1.43. The molecule has 1 aliphatic heterocycles. The maximum absolute atomic E-state index is 5.71. The van der Waals surface area contributed by atoms with Gasteiger partial charge in [0.1, 0.15) is 0 Å². The zero-order valence-corrected chi connectivity index (χ0v) is 17.3. The highest BCUT2D eigenvalue weighted by Crippen LogP contribution is 2.18. The Morgan fingerprint density at radius 1 is 1.24 bits per heavy atom. The Kier molecular flexibility index (Phi) is 8.94. The second kappa shape index (κ2) is 12.2. The van der Waals surface area contributed by atoms with Crippen molar-refractivity contribution in [3.63, 3.8) is 0 Å². The van der Waals surface area contributed by atoms with Crippen LogP contribution in [0, 0.1) is 0 Å². The fourth-order valence-electron chi connectivity index (χ4n) is 3.25. The van der Waals surface area contributed by atoms with Gasteiger partial charge in [-0.25, -0.2) is 4.99 Å². The van der Waals surface area contributed by atoms with E-state index in [1.165, 1.54) is 0 Å². The Labute approximate surface area is 173 Å². The molecule has 2 N–H and O–H groups in total. The molecular formula is C23H32N4O2. The number of nitrogens with zero attached hydrogens (tertiary/aromatic N) is 2. The number of benzene rings is 1. The van der Waals surface area contributed by atoms with Gasteiger partial charge in [-0.15, -0.1) is 0 Å². The number of hydrogen-bond donors (Lipinski definition) is 2. The van der Waals surface area contributed by atoms with Gasteiger partial charge < -0.3 is 20.1 Å². The molecule has 2 heterocycles. The number of aromatic nitrogens is 1. The molecule has 0 amide bonds. The highest BCUT2D eigenvalue weighted by molar-refractivity contribution is 5.79. The summed E-state index contributed by atoms with van der Waals surface area (Å²) in [5, 5.41) is 6.68. The Hall–Kier alpha value is -2.44. The summed E-state index contributed by atoms with van der Waals surface area (Å²) >= 11 is 0. The van der Waals surface area contributed by atoms with Crippen LogP contribution in [0.4, 0.5) is 0 Å². The van der Waals surface area contributed by atoms with Crippen molar-refractivity contribution in [2.45, 2.75) is 38.8 Å². The standard InChI is InChI=1S/C23H32N4O2/c1-2-24-23(26-13-7-14-28-18-21-10-6-15-29-21)27-17-19-8-5-9-20(16-19)22-11-3-4-12-25-22/h3-5,8-9,11-12,16,21H,2,6-7,10,13-15,17-18H2,1H3,(H2,24,26,27). The molecule has 1 aromatic carbocycles. The van der Waals surface area contributed by atoms with Crippen molar-refractivity contribution >= 4 is 5.96 Å². The highest BCUT2D eigenvalue weighted by Gasteiger charge is 2.14. The quantitative estimate of drug-likeness (QED) is 0.366. The minimum atomic E-state index is 0.295. The van der Waals surface area contributed by atoms with Gasteiger partial charge in [-0.2, -0.15) is 0 Å². The number of nitrogens with one attached hydrogen (secondary N) is 2. The highest BCUT2D eigenvalue weighted by atomic mass is 16.5. The first kappa shape index (κ1) is 21.3. The van der Waals surface area contributed by atoms with Gasteiger partial charge in [0.05, 0.1) is 24.9 Å². The fourth-order valence-corrected chi connectivity index (χ4v) is 3.25. The summed E-state index contributed by atoms with van der Waals surface area (Å²) in [5.74, 6) is 0.829. The van der Waals surface area contributed by atoms with E-state index in [9.17, 15) is 0 Å². The lowest BCUT2D eigenvalue weighted by Gasteiger charge is -2.13. The van der Waals surface area contributed by atoms with Gasteiger partial charge in [-0.1, -0.05) is 24.3 Å². The molecule has 3 rings (SSSR count). The Morgan fingerprint density at radius 2 is 2.21 bits per heavy atom. The maximum atomic E-state index is 5.71. The molecule has 0 saturated carbocycles. The van der Waals surface area contributed by atoms with Crippen molar-refractivity contribution in [3.05, 3.63) is 54.2 Å². The first-order valence-corrected chi connectivity index (χ1v) is 10.6. The van der Waals surface area contributed by atoms with Gasteiger partial charge in [0.25, 0.3) is 0 Å². The zero-order chi connectivity index (χ0) is 20.2. The van der Waals surface area contributed by atoms with E-state index in [0.29, 0.717) is 19.3 Å². The number of aliphatic imine (C=N–C) groups is 1. The van der Waals surface area contributed by atoms with E-state index < -0.39 is 0 Å². The molecule has 0 bridgehead atoms. The smallest absolute Gasteiger partial charge is 0.191 e. The minimum absolute atomic E-state index is 0.295. The van der Waals surface area contributed by atoms with Crippen molar-refractivity contribution in [2.24, 2.45) is 4.99 Å². The number of pyridine rings is 1. The molecule has 29 heavy (non-hydrogen) atoms. The molecule has 1 fully saturated rings. The molecule has 6 heteroatoms. The summed E-state index contributed by atoms with van der Waals surface area (Å²) in [6.07, 6.45) is 5.33. The lowest BCUT2D eigenvalue weighted by Crippen LogP contribution is -2.38. The third kappa shape index (κ3) is 7.48. The Bertz CT molecular complexity index is 746. The molecule has 0 spiro atoms. The molecule has 1 saturated heterocycles. The van der Waals surface area contributed by atoms with E-state index in [2.05, 4.69) is 46.8 Å². The van der Waals surface area contributed by atoms with Crippen LogP contribution in [0.15, 0.2) is 53.7 Å². The van der Waals surface area contributed by atoms with E-state index in [4.69, 9.17) is 14.5 Å². The van der Waals surface area contributed by atoms with E-state index in [1.54, 1.807) is 0 Å². The summed E-state index contributed by atoms with van der Waals surface area (Å²) in [6, 6.07) is 14.3. The average Bonchev–Trinajstić information content (AvgIpc) is 3.29. The van der Waals surface area contributed by atoms with Gasteiger partial charge in [0.2, 0.25) is 0 Å². The van der Waals surface area contributed by atoms with E-state index in [1.807, 2.05) is 24.4 Å². The third-order valence-corrected chi connectivity index (χ3v) is 4.74. The normalized spacial score (nSPS) is 16.7. The van der Waals surface area contributed by atoms with Crippen molar-refractivity contribution in [1.82, 2.24) is 15.6 Å². The predicted molar refractivity (Wildman–Crippen MR) is 117 cm³/mol. The van der Waals surface area contributed by atoms with Gasteiger partial charge in [-0.3, -0.25) is 4.98 Å². The molecule has 6 nitrogen and oxygen atoms in total. The van der Waals surface area contributed by atoms with Crippen LogP contribution >= 0.6 is 0 Å². The fraction of sp³-hybridized carbons (Fsp3) is 0.478. The second-order valence-electron chi connectivity index (χ2n) is 7.10. The monoisotopic (exact) mass is 396 g/mol. The molecule has 0 radical (unpaired) electrons. The number of guanidine groups is 1. The molecule has 1 aliphatic rings. The summed E-state index contributed by atoms with van der Waals surface area (Å²) in [5.41, 5.74) is 3.25. The largest absolute Gasteiger partial charge is 0.379 e. The topological polar surface area (TPSA) is 67.8 Å². The van der Waals surface area contributed by atoms with Crippen molar-refractivity contribution < 1.29 is 9.47 Å². The summed E-state index contributed by atoms with van der Waals surface area (Å²) in [4.78, 5) is 9.14. The van der Waals surface area contributed by atoms with Crippen molar-refractivity contribution in [1.29, 1.82) is 0 Å². The molecule has 156 valence electrons. The van der Waals surface area contributed by atoms with Crippen molar-refractivity contribution in [2.75, 3.05) is 32.9 Å². The van der Waals surface area contributed by atoms with Crippen molar-refractivity contribution in [3.8, 4) is 11.3 Å². The van der Waals surface area contributed by atoms with E-state index in [0.717, 1.165) is 68.3 Å². The molecular weight excluding hydrogens is 364 g/mol. The Morgan fingerprint density at radius 3 is 3.00 bits per heavy atom.